The molecule has 1 heterocycles. The summed E-state index contributed by atoms with van der Waals surface area (Å²) in [5, 5.41) is 0. The van der Waals surface area contributed by atoms with Gasteiger partial charge in [-0.15, -0.1) is 0 Å². The van der Waals surface area contributed by atoms with Gasteiger partial charge in [-0.1, -0.05) is 12.1 Å². The minimum atomic E-state index is -3.06. The average molecular weight is 343 g/mol. The van der Waals surface area contributed by atoms with Gasteiger partial charge in [-0.3, -0.25) is 4.79 Å². The maximum atomic E-state index is 12.9. The summed E-state index contributed by atoms with van der Waals surface area (Å²) in [6.45, 7) is 0.980. The van der Waals surface area contributed by atoms with E-state index in [-0.39, 0.29) is 35.7 Å². The van der Waals surface area contributed by atoms with Crippen molar-refractivity contribution in [1.29, 1.82) is 0 Å². The lowest BCUT2D eigenvalue weighted by atomic mass is 10.1. The van der Waals surface area contributed by atoms with Crippen LogP contribution in [0.4, 0.5) is 4.39 Å². The van der Waals surface area contributed by atoms with Crippen LogP contribution in [0, 0.1) is 5.82 Å². The zero-order chi connectivity index (χ0) is 16.9. The molecule has 0 bridgehead atoms. The number of carbonyl (C=O) groups is 1. The Morgan fingerprint density at radius 2 is 2.04 bits per heavy atom. The second kappa shape index (κ2) is 7.88. The summed E-state index contributed by atoms with van der Waals surface area (Å²) in [4.78, 5) is 14.2. The van der Waals surface area contributed by atoms with Gasteiger partial charge in [0.2, 0.25) is 5.91 Å². The SMILES string of the molecule is COCCCN(C(=O)Cc1ccc(F)cc1)[C@@H]1CCS(=O)(=O)C1. The first-order chi connectivity index (χ1) is 10.9. The van der Waals surface area contributed by atoms with Gasteiger partial charge in [0.05, 0.1) is 17.9 Å². The molecular formula is C16H22FNO4S. The van der Waals surface area contributed by atoms with Crippen LogP contribution in [0.5, 0.6) is 0 Å². The molecule has 1 amide bonds. The Kier molecular flexibility index (Phi) is 6.12. The Hall–Kier alpha value is -1.47. The lowest BCUT2D eigenvalue weighted by molar-refractivity contribution is -0.132. The molecule has 0 saturated carbocycles. The number of rotatable bonds is 7. The number of halogens is 1. The summed E-state index contributed by atoms with van der Waals surface area (Å²) in [5.74, 6) is -0.327. The minimum absolute atomic E-state index is 0.0230. The van der Waals surface area contributed by atoms with E-state index in [1.54, 1.807) is 24.1 Å². The summed E-state index contributed by atoms with van der Waals surface area (Å²) in [6.07, 6.45) is 1.27. The number of amides is 1. The van der Waals surface area contributed by atoms with Crippen molar-refractivity contribution in [3.05, 3.63) is 35.6 Å². The normalized spacial score (nSPS) is 19.7. The molecule has 1 saturated heterocycles. The molecule has 0 unspecified atom stereocenters. The van der Waals surface area contributed by atoms with Crippen molar-refractivity contribution in [2.45, 2.75) is 25.3 Å². The molecule has 0 aromatic heterocycles. The zero-order valence-electron chi connectivity index (χ0n) is 13.2. The maximum Gasteiger partial charge on any atom is 0.227 e. The summed E-state index contributed by atoms with van der Waals surface area (Å²) >= 11 is 0. The molecule has 23 heavy (non-hydrogen) atoms. The number of hydrogen-bond donors (Lipinski definition) is 0. The smallest absolute Gasteiger partial charge is 0.227 e. The summed E-state index contributed by atoms with van der Waals surface area (Å²) in [7, 11) is -1.47. The molecule has 128 valence electrons. The van der Waals surface area contributed by atoms with Crippen molar-refractivity contribution in [3.63, 3.8) is 0 Å². The van der Waals surface area contributed by atoms with E-state index < -0.39 is 9.84 Å². The third kappa shape index (κ3) is 5.28. The number of ether oxygens (including phenoxy) is 1. The fourth-order valence-corrected chi connectivity index (χ4v) is 4.52. The van der Waals surface area contributed by atoms with E-state index in [4.69, 9.17) is 4.74 Å². The van der Waals surface area contributed by atoms with Crippen molar-refractivity contribution < 1.29 is 22.3 Å². The van der Waals surface area contributed by atoms with E-state index in [1.165, 1.54) is 12.1 Å². The van der Waals surface area contributed by atoms with Crippen LogP contribution >= 0.6 is 0 Å². The van der Waals surface area contributed by atoms with Gasteiger partial charge in [0.1, 0.15) is 5.82 Å². The molecule has 1 aromatic carbocycles. The molecule has 0 N–H and O–H groups in total. The number of nitrogens with zero attached hydrogens (tertiary/aromatic N) is 1. The van der Waals surface area contributed by atoms with Crippen LogP contribution < -0.4 is 0 Å². The lowest BCUT2D eigenvalue weighted by Gasteiger charge is -2.28. The molecular weight excluding hydrogens is 321 g/mol. The fourth-order valence-electron chi connectivity index (χ4n) is 2.79. The van der Waals surface area contributed by atoms with Crippen molar-refractivity contribution in [2.24, 2.45) is 0 Å². The molecule has 1 atom stereocenters. The van der Waals surface area contributed by atoms with Gasteiger partial charge in [0.15, 0.2) is 9.84 Å². The van der Waals surface area contributed by atoms with Crippen molar-refractivity contribution in [2.75, 3.05) is 31.8 Å². The van der Waals surface area contributed by atoms with Crippen LogP contribution in [0.15, 0.2) is 24.3 Å². The van der Waals surface area contributed by atoms with Crippen molar-refractivity contribution >= 4 is 15.7 Å². The first kappa shape index (κ1) is 17.9. The highest BCUT2D eigenvalue weighted by atomic mass is 32.2. The summed E-state index contributed by atoms with van der Waals surface area (Å²) in [6, 6.07) is 5.51. The van der Waals surface area contributed by atoms with E-state index in [2.05, 4.69) is 0 Å². The van der Waals surface area contributed by atoms with E-state index in [0.717, 1.165) is 0 Å². The number of methoxy groups -OCH3 is 1. The number of hydrogen-bond acceptors (Lipinski definition) is 4. The molecule has 2 rings (SSSR count). The third-order valence-electron chi connectivity index (χ3n) is 3.99. The van der Waals surface area contributed by atoms with Gasteiger partial charge in [0, 0.05) is 26.3 Å². The molecule has 0 radical (unpaired) electrons. The van der Waals surface area contributed by atoms with E-state index in [9.17, 15) is 17.6 Å². The van der Waals surface area contributed by atoms with Gasteiger partial charge in [-0.25, -0.2) is 12.8 Å². The second-order valence-electron chi connectivity index (χ2n) is 5.79. The first-order valence-corrected chi connectivity index (χ1v) is 9.47. The molecule has 1 aliphatic rings. The van der Waals surface area contributed by atoms with Crippen molar-refractivity contribution in [3.8, 4) is 0 Å². The van der Waals surface area contributed by atoms with E-state index in [1.807, 2.05) is 0 Å². The van der Waals surface area contributed by atoms with Crippen LogP contribution in [0.1, 0.15) is 18.4 Å². The van der Waals surface area contributed by atoms with Gasteiger partial charge in [-0.2, -0.15) is 0 Å². The first-order valence-electron chi connectivity index (χ1n) is 7.64. The molecule has 5 nitrogen and oxygen atoms in total. The molecule has 0 spiro atoms. The monoisotopic (exact) mass is 343 g/mol. The quantitative estimate of drug-likeness (QED) is 0.703. The van der Waals surface area contributed by atoms with Crippen LogP contribution in [-0.2, 0) is 25.8 Å². The van der Waals surface area contributed by atoms with Gasteiger partial charge >= 0.3 is 0 Å². The van der Waals surface area contributed by atoms with E-state index in [0.29, 0.717) is 31.6 Å². The minimum Gasteiger partial charge on any atom is -0.385 e. The second-order valence-corrected chi connectivity index (χ2v) is 8.02. The average Bonchev–Trinajstić information content (AvgIpc) is 2.86. The molecule has 1 fully saturated rings. The molecule has 7 heteroatoms. The van der Waals surface area contributed by atoms with Gasteiger partial charge in [0.25, 0.3) is 0 Å². The number of sulfone groups is 1. The third-order valence-corrected chi connectivity index (χ3v) is 5.74. The van der Waals surface area contributed by atoms with Crippen LogP contribution in [-0.4, -0.2) is 57.0 Å². The Bertz CT molecular complexity index is 630. The zero-order valence-corrected chi connectivity index (χ0v) is 14.0. The van der Waals surface area contributed by atoms with E-state index >= 15 is 0 Å². The van der Waals surface area contributed by atoms with Gasteiger partial charge < -0.3 is 9.64 Å². The standard InChI is InChI=1S/C16H22FNO4S/c1-22-9-2-8-18(15-7-10-23(20,21)12-15)16(19)11-13-3-5-14(17)6-4-13/h3-6,15H,2,7-12H2,1H3/t15-/m1/s1. The Morgan fingerprint density at radius 3 is 2.61 bits per heavy atom. The Labute approximate surface area is 136 Å². The molecule has 1 aliphatic heterocycles. The van der Waals surface area contributed by atoms with Crippen LogP contribution in [0.25, 0.3) is 0 Å². The highest BCUT2D eigenvalue weighted by molar-refractivity contribution is 7.91. The lowest BCUT2D eigenvalue weighted by Crippen LogP contribution is -2.42. The Morgan fingerprint density at radius 1 is 1.35 bits per heavy atom. The highest BCUT2D eigenvalue weighted by Crippen LogP contribution is 2.19. The summed E-state index contributed by atoms with van der Waals surface area (Å²) < 4.78 is 41.3. The number of benzene rings is 1. The van der Waals surface area contributed by atoms with Gasteiger partial charge in [-0.05, 0) is 30.5 Å². The summed E-state index contributed by atoms with van der Waals surface area (Å²) in [5.41, 5.74) is 0.717. The maximum absolute atomic E-state index is 12.9. The Balaban J connectivity index is 2.05. The predicted molar refractivity (Wildman–Crippen MR) is 85.4 cm³/mol. The number of carbonyl (C=O) groups excluding carboxylic acids is 1. The topological polar surface area (TPSA) is 63.7 Å². The van der Waals surface area contributed by atoms with Crippen LogP contribution in [0.3, 0.4) is 0 Å². The fraction of sp³-hybridized carbons (Fsp3) is 0.562. The molecule has 1 aromatic rings. The van der Waals surface area contributed by atoms with Crippen LogP contribution in [0.2, 0.25) is 0 Å². The van der Waals surface area contributed by atoms with Crippen molar-refractivity contribution in [1.82, 2.24) is 4.90 Å². The highest BCUT2D eigenvalue weighted by Gasteiger charge is 2.34. The predicted octanol–water partition coefficient (Wildman–Crippen LogP) is 1.42. The largest absolute Gasteiger partial charge is 0.385 e. The molecule has 0 aliphatic carbocycles.